The van der Waals surface area contributed by atoms with Crippen LogP contribution in [0.3, 0.4) is 0 Å². The molecule has 2 aliphatic heterocycles. The number of nitrogens with zero attached hydrogens (tertiary/aromatic N) is 5. The van der Waals surface area contributed by atoms with Crippen molar-refractivity contribution in [3.05, 3.63) is 51.7 Å². The molecule has 202 valence electrons. The minimum absolute atomic E-state index is 0.0106. The van der Waals surface area contributed by atoms with E-state index in [1.54, 1.807) is 26.0 Å². The molecule has 1 aromatic carbocycles. The first-order valence-corrected chi connectivity index (χ1v) is 13.6. The fraction of sp³-hybridized carbons (Fsp3) is 0.464. The number of hydrazone groups is 2. The lowest BCUT2D eigenvalue weighted by Crippen LogP contribution is -2.34. The van der Waals surface area contributed by atoms with Crippen molar-refractivity contribution in [2.75, 3.05) is 32.2 Å². The van der Waals surface area contributed by atoms with Crippen LogP contribution in [0.5, 0.6) is 0 Å². The first kappa shape index (κ1) is 27.7. The Labute approximate surface area is 228 Å². The van der Waals surface area contributed by atoms with Gasteiger partial charge in [0.25, 0.3) is 17.7 Å². The molecule has 2 atom stereocenters. The molecule has 3 heterocycles. The summed E-state index contributed by atoms with van der Waals surface area (Å²) in [6.45, 7) is 11.3. The molecule has 2 unspecified atom stereocenters. The summed E-state index contributed by atoms with van der Waals surface area (Å²) in [7, 11) is 4.03. The van der Waals surface area contributed by atoms with E-state index in [0.717, 1.165) is 17.8 Å². The molecule has 9 nitrogen and oxygen atoms in total. The van der Waals surface area contributed by atoms with Crippen LogP contribution >= 0.6 is 11.3 Å². The predicted octanol–water partition coefficient (Wildman–Crippen LogP) is 3.97. The number of anilines is 1. The number of carbonyl (C=O) groups excluding carboxylic acids is 3. The van der Waals surface area contributed by atoms with E-state index in [0.29, 0.717) is 46.0 Å². The number of likely N-dealkylation sites (tertiary alicyclic amines) is 1. The van der Waals surface area contributed by atoms with E-state index < -0.39 is 11.8 Å². The van der Waals surface area contributed by atoms with Gasteiger partial charge in [0.05, 0.1) is 26.9 Å². The molecule has 3 amide bonds. The van der Waals surface area contributed by atoms with E-state index in [1.807, 2.05) is 43.3 Å². The number of carbonyl (C=O) groups is 3. The van der Waals surface area contributed by atoms with E-state index in [4.69, 9.17) is 0 Å². The van der Waals surface area contributed by atoms with Crippen LogP contribution in [-0.2, 0) is 10.2 Å². The smallest absolute Gasteiger partial charge is 0.281 e. The summed E-state index contributed by atoms with van der Waals surface area (Å²) in [4.78, 5) is 43.7. The van der Waals surface area contributed by atoms with Crippen molar-refractivity contribution < 1.29 is 14.4 Å². The van der Waals surface area contributed by atoms with Crippen LogP contribution in [0.25, 0.3) is 0 Å². The van der Waals surface area contributed by atoms with E-state index >= 15 is 0 Å². The Kier molecular flexibility index (Phi) is 7.85. The van der Waals surface area contributed by atoms with Crippen molar-refractivity contribution in [1.29, 1.82) is 0 Å². The average molecular weight is 537 g/mol. The monoisotopic (exact) mass is 536 g/mol. The number of likely N-dealkylation sites (N-methyl/N-ethyl adjacent to an activating group) is 1. The van der Waals surface area contributed by atoms with Gasteiger partial charge in [-0.05, 0) is 69.6 Å². The topological polar surface area (TPSA) is 97.7 Å². The van der Waals surface area contributed by atoms with Gasteiger partial charge in [-0.3, -0.25) is 14.4 Å². The quantitative estimate of drug-likeness (QED) is 0.446. The van der Waals surface area contributed by atoms with Crippen molar-refractivity contribution in [3.63, 3.8) is 0 Å². The number of benzene rings is 1. The Morgan fingerprint density at radius 2 is 1.76 bits per heavy atom. The predicted molar refractivity (Wildman–Crippen MR) is 152 cm³/mol. The van der Waals surface area contributed by atoms with E-state index in [-0.39, 0.29) is 17.2 Å². The average Bonchev–Trinajstić information content (AvgIpc) is 3.61. The van der Waals surface area contributed by atoms with Crippen molar-refractivity contribution in [2.45, 2.75) is 52.5 Å². The largest absolute Gasteiger partial charge is 0.336 e. The maximum atomic E-state index is 13.2. The van der Waals surface area contributed by atoms with Crippen LogP contribution in [0.1, 0.15) is 65.9 Å². The number of amides is 3. The standard InChI is InChI=1S/C28H36N6O3S/c1-17(24-18(2)31-34(27(24)37)20-10-8-19(9-11-20)28(3,4)5)29-30-25(35)22-12-13-23(38-22)26(36)33-15-14-21(16-33)32(6)7/h8-13,21,24H,14-16H2,1-7H3,(H,30,35)/b29-17+. The molecule has 10 heteroatoms. The molecule has 0 spiro atoms. The maximum Gasteiger partial charge on any atom is 0.281 e. The fourth-order valence-electron chi connectivity index (χ4n) is 4.67. The molecule has 2 aliphatic rings. The molecule has 1 saturated heterocycles. The van der Waals surface area contributed by atoms with E-state index in [2.05, 4.69) is 41.3 Å². The van der Waals surface area contributed by atoms with Crippen molar-refractivity contribution in [3.8, 4) is 0 Å². The highest BCUT2D eigenvalue weighted by Crippen LogP contribution is 2.29. The highest BCUT2D eigenvalue weighted by atomic mass is 32.1. The number of thiophene rings is 1. The van der Waals surface area contributed by atoms with Gasteiger partial charge in [0, 0.05) is 19.1 Å². The zero-order valence-electron chi connectivity index (χ0n) is 23.1. The second-order valence-corrected chi connectivity index (χ2v) is 12.2. The van der Waals surface area contributed by atoms with Crippen LogP contribution in [0.2, 0.25) is 0 Å². The van der Waals surface area contributed by atoms with E-state index in [9.17, 15) is 14.4 Å². The maximum absolute atomic E-state index is 13.2. The van der Waals surface area contributed by atoms with Gasteiger partial charge in [0.1, 0.15) is 5.92 Å². The van der Waals surface area contributed by atoms with Crippen LogP contribution in [0, 0.1) is 5.92 Å². The van der Waals surface area contributed by atoms with Gasteiger partial charge in [0.2, 0.25) is 0 Å². The van der Waals surface area contributed by atoms with Crippen LogP contribution in [0.4, 0.5) is 5.69 Å². The van der Waals surface area contributed by atoms with Gasteiger partial charge < -0.3 is 9.80 Å². The Hall–Kier alpha value is -3.37. The highest BCUT2D eigenvalue weighted by Gasteiger charge is 2.37. The summed E-state index contributed by atoms with van der Waals surface area (Å²) in [5.74, 6) is -1.35. The fourth-order valence-corrected chi connectivity index (χ4v) is 5.54. The van der Waals surface area contributed by atoms with Crippen LogP contribution in [-0.4, -0.2) is 72.2 Å². The molecule has 0 radical (unpaired) electrons. The molecule has 38 heavy (non-hydrogen) atoms. The Bertz CT molecular complexity index is 1290. The lowest BCUT2D eigenvalue weighted by atomic mass is 9.87. The van der Waals surface area contributed by atoms with Crippen LogP contribution < -0.4 is 10.4 Å². The highest BCUT2D eigenvalue weighted by molar-refractivity contribution is 7.15. The first-order chi connectivity index (χ1) is 17.9. The first-order valence-electron chi connectivity index (χ1n) is 12.8. The summed E-state index contributed by atoms with van der Waals surface area (Å²) < 4.78 is 0. The third kappa shape index (κ3) is 5.71. The Morgan fingerprint density at radius 3 is 2.37 bits per heavy atom. The minimum atomic E-state index is -0.655. The van der Waals surface area contributed by atoms with Gasteiger partial charge in [-0.1, -0.05) is 32.9 Å². The van der Waals surface area contributed by atoms with Crippen LogP contribution in [0.15, 0.2) is 46.6 Å². The summed E-state index contributed by atoms with van der Waals surface area (Å²) in [5, 5.41) is 10.1. The van der Waals surface area contributed by atoms with E-state index in [1.165, 1.54) is 10.6 Å². The number of hydrogen-bond donors (Lipinski definition) is 1. The Balaban J connectivity index is 1.39. The molecule has 1 N–H and O–H groups in total. The lowest BCUT2D eigenvalue weighted by Gasteiger charge is -2.20. The number of nitrogens with one attached hydrogen (secondary N) is 1. The summed E-state index contributed by atoms with van der Waals surface area (Å²) in [6.07, 6.45) is 0.938. The van der Waals surface area contributed by atoms with Crippen molar-refractivity contribution >= 4 is 46.2 Å². The minimum Gasteiger partial charge on any atom is -0.336 e. The SMILES string of the molecule is CC1=NN(c2ccc(C(C)(C)C)cc2)C(=O)C1/C(C)=N/NC(=O)c1ccc(C(=O)N2CCC(N(C)C)C2)s1. The molecule has 0 saturated carbocycles. The normalized spacial score (nSPS) is 20.4. The second-order valence-electron chi connectivity index (χ2n) is 11.1. The number of rotatable bonds is 6. The van der Waals surface area contributed by atoms with Crippen molar-refractivity contribution in [1.82, 2.24) is 15.2 Å². The molecule has 1 fully saturated rings. The molecule has 0 aliphatic carbocycles. The summed E-state index contributed by atoms with van der Waals surface area (Å²) in [5.41, 5.74) is 5.46. The molecule has 4 rings (SSSR count). The molecule has 1 aromatic heterocycles. The third-order valence-electron chi connectivity index (χ3n) is 7.08. The lowest BCUT2D eigenvalue weighted by molar-refractivity contribution is -0.118. The molecular formula is C28H36N6O3S. The summed E-state index contributed by atoms with van der Waals surface area (Å²) in [6, 6.07) is 11.5. The molecule has 0 bridgehead atoms. The van der Waals surface area contributed by atoms with Gasteiger partial charge >= 0.3 is 0 Å². The Morgan fingerprint density at radius 1 is 1.11 bits per heavy atom. The van der Waals surface area contributed by atoms with Gasteiger partial charge in [-0.25, -0.2) is 5.43 Å². The molecular weight excluding hydrogens is 500 g/mol. The summed E-state index contributed by atoms with van der Waals surface area (Å²) >= 11 is 1.15. The van der Waals surface area contributed by atoms with Crippen molar-refractivity contribution in [2.24, 2.45) is 16.1 Å². The second kappa shape index (κ2) is 10.8. The number of hydrogen-bond acceptors (Lipinski definition) is 7. The zero-order valence-corrected chi connectivity index (χ0v) is 23.9. The zero-order chi connectivity index (χ0) is 27.8. The van der Waals surface area contributed by atoms with Gasteiger partial charge in [-0.15, -0.1) is 11.3 Å². The van der Waals surface area contributed by atoms with Gasteiger partial charge in [-0.2, -0.15) is 15.2 Å². The van der Waals surface area contributed by atoms with Gasteiger partial charge in [0.15, 0.2) is 0 Å². The molecule has 2 aromatic rings. The third-order valence-corrected chi connectivity index (χ3v) is 8.15.